The minimum Gasteiger partial charge on any atom is -0.393 e. The van der Waals surface area contributed by atoms with Gasteiger partial charge >= 0.3 is 0 Å². The number of rotatable bonds is 7. The van der Waals surface area contributed by atoms with Crippen LogP contribution in [0.2, 0.25) is 0 Å². The van der Waals surface area contributed by atoms with Gasteiger partial charge in [0.05, 0.1) is 16.8 Å². The van der Waals surface area contributed by atoms with Crippen molar-refractivity contribution in [2.45, 2.75) is 57.7 Å². The number of aliphatic hydroxyl groups excluding tert-OH is 1. The van der Waals surface area contributed by atoms with Gasteiger partial charge in [0.15, 0.2) is 0 Å². The number of thiazole rings is 1. The number of nitrogens with zero attached hydrogens (tertiary/aromatic N) is 2. The maximum atomic E-state index is 9.64. The van der Waals surface area contributed by atoms with E-state index in [0.29, 0.717) is 6.04 Å². The molecule has 1 fully saturated rings. The van der Waals surface area contributed by atoms with E-state index in [2.05, 4.69) is 40.6 Å². The Balaban J connectivity index is 1.52. The molecule has 0 amide bonds. The fourth-order valence-electron chi connectivity index (χ4n) is 3.40. The maximum absolute atomic E-state index is 9.64. The summed E-state index contributed by atoms with van der Waals surface area (Å²) in [6.45, 7) is 3.95. The first-order chi connectivity index (χ1) is 11.2. The molecule has 1 aliphatic rings. The van der Waals surface area contributed by atoms with Crippen LogP contribution < -0.4 is 0 Å². The summed E-state index contributed by atoms with van der Waals surface area (Å²) in [5, 5.41) is 13.1. The van der Waals surface area contributed by atoms with Crippen LogP contribution in [0.4, 0.5) is 0 Å². The van der Waals surface area contributed by atoms with Gasteiger partial charge in [-0.2, -0.15) is 0 Å². The average Bonchev–Trinajstić information content (AvgIpc) is 3.16. The van der Waals surface area contributed by atoms with Gasteiger partial charge in [0.25, 0.3) is 0 Å². The molecule has 0 radical (unpaired) electrons. The average molecular weight is 330 g/mol. The zero-order chi connectivity index (χ0) is 16.1. The Bertz CT molecular complexity index is 596. The summed E-state index contributed by atoms with van der Waals surface area (Å²) < 4.78 is 0. The molecule has 3 rings (SSSR count). The summed E-state index contributed by atoms with van der Waals surface area (Å²) in [6.07, 6.45) is 5.19. The van der Waals surface area contributed by atoms with Crippen LogP contribution in [0.15, 0.2) is 35.7 Å². The lowest BCUT2D eigenvalue weighted by Gasteiger charge is -2.24. The third-order valence-electron chi connectivity index (χ3n) is 4.55. The van der Waals surface area contributed by atoms with Crippen molar-refractivity contribution >= 4 is 11.3 Å². The lowest BCUT2D eigenvalue weighted by molar-refractivity contribution is 0.130. The molecule has 1 saturated heterocycles. The largest absolute Gasteiger partial charge is 0.393 e. The molecule has 0 spiro atoms. The van der Waals surface area contributed by atoms with Gasteiger partial charge in [-0.15, -0.1) is 11.3 Å². The minimum absolute atomic E-state index is 0.211. The van der Waals surface area contributed by atoms with E-state index in [0.717, 1.165) is 32.4 Å². The summed E-state index contributed by atoms with van der Waals surface area (Å²) in [6, 6.07) is 11.1. The molecular formula is C19H26N2OS. The predicted molar refractivity (Wildman–Crippen MR) is 95.7 cm³/mol. The highest BCUT2D eigenvalue weighted by Gasteiger charge is 2.26. The second-order valence-corrected chi connectivity index (χ2v) is 7.51. The molecule has 1 aliphatic heterocycles. The second-order valence-electron chi connectivity index (χ2n) is 6.57. The van der Waals surface area contributed by atoms with Gasteiger partial charge < -0.3 is 5.11 Å². The summed E-state index contributed by atoms with van der Waals surface area (Å²) in [4.78, 5) is 7.31. The highest BCUT2D eigenvalue weighted by Crippen LogP contribution is 2.24. The normalized spacial score (nSPS) is 20.0. The zero-order valence-electron chi connectivity index (χ0n) is 13.8. The van der Waals surface area contributed by atoms with Crippen molar-refractivity contribution in [2.75, 3.05) is 6.54 Å². The van der Waals surface area contributed by atoms with Crippen molar-refractivity contribution in [3.05, 3.63) is 52.0 Å². The van der Waals surface area contributed by atoms with Gasteiger partial charge in [0, 0.05) is 24.4 Å². The molecule has 23 heavy (non-hydrogen) atoms. The maximum Gasteiger partial charge on any atom is 0.0932 e. The Kier molecular flexibility index (Phi) is 5.81. The molecule has 0 aliphatic carbocycles. The van der Waals surface area contributed by atoms with Gasteiger partial charge in [-0.3, -0.25) is 4.90 Å². The molecule has 2 aromatic rings. The van der Waals surface area contributed by atoms with Crippen LogP contribution in [0.25, 0.3) is 0 Å². The van der Waals surface area contributed by atoms with E-state index < -0.39 is 0 Å². The summed E-state index contributed by atoms with van der Waals surface area (Å²) in [7, 11) is 0. The van der Waals surface area contributed by atoms with Crippen LogP contribution in [0.5, 0.6) is 0 Å². The number of aryl methyl sites for hydroxylation is 2. The number of likely N-dealkylation sites (tertiary alicyclic amines) is 1. The van der Waals surface area contributed by atoms with E-state index in [1.807, 2.05) is 6.92 Å². The Morgan fingerprint density at radius 3 is 2.91 bits per heavy atom. The van der Waals surface area contributed by atoms with Crippen molar-refractivity contribution in [1.82, 2.24) is 9.88 Å². The second kappa shape index (κ2) is 8.04. The first kappa shape index (κ1) is 16.6. The molecule has 2 unspecified atom stereocenters. The number of aliphatic hydroxyl groups is 1. The van der Waals surface area contributed by atoms with E-state index in [4.69, 9.17) is 4.98 Å². The van der Waals surface area contributed by atoms with Crippen LogP contribution >= 0.6 is 11.3 Å². The SMILES string of the molecule is CC(O)CC1CCCN1Cc1csc(CCc2ccccc2)n1. The van der Waals surface area contributed by atoms with Crippen molar-refractivity contribution in [1.29, 1.82) is 0 Å². The number of aromatic nitrogens is 1. The lowest BCUT2D eigenvalue weighted by Crippen LogP contribution is -2.31. The fourth-order valence-corrected chi connectivity index (χ4v) is 4.19. The Morgan fingerprint density at radius 1 is 1.30 bits per heavy atom. The Hall–Kier alpha value is -1.23. The molecule has 1 N–H and O–H groups in total. The molecular weight excluding hydrogens is 304 g/mol. The molecule has 0 saturated carbocycles. The highest BCUT2D eigenvalue weighted by atomic mass is 32.1. The quantitative estimate of drug-likeness (QED) is 0.841. The number of benzene rings is 1. The van der Waals surface area contributed by atoms with Crippen LogP contribution in [-0.2, 0) is 19.4 Å². The van der Waals surface area contributed by atoms with Gasteiger partial charge in [0.1, 0.15) is 0 Å². The van der Waals surface area contributed by atoms with E-state index in [-0.39, 0.29) is 6.10 Å². The van der Waals surface area contributed by atoms with Gasteiger partial charge in [-0.25, -0.2) is 4.98 Å². The summed E-state index contributed by atoms with van der Waals surface area (Å²) in [5.41, 5.74) is 2.57. The van der Waals surface area contributed by atoms with Crippen LogP contribution in [0, 0.1) is 0 Å². The van der Waals surface area contributed by atoms with Crippen molar-refractivity contribution in [3.8, 4) is 0 Å². The van der Waals surface area contributed by atoms with E-state index >= 15 is 0 Å². The predicted octanol–water partition coefficient (Wildman–Crippen LogP) is 3.66. The Labute approximate surface area is 143 Å². The smallest absolute Gasteiger partial charge is 0.0932 e. The number of hydrogen-bond acceptors (Lipinski definition) is 4. The third kappa shape index (κ3) is 4.87. The third-order valence-corrected chi connectivity index (χ3v) is 5.50. The molecule has 0 bridgehead atoms. The van der Waals surface area contributed by atoms with E-state index in [1.54, 1.807) is 11.3 Å². The number of hydrogen-bond donors (Lipinski definition) is 1. The molecule has 2 heterocycles. The van der Waals surface area contributed by atoms with Crippen molar-refractivity contribution in [3.63, 3.8) is 0 Å². The molecule has 124 valence electrons. The Morgan fingerprint density at radius 2 is 2.13 bits per heavy atom. The van der Waals surface area contributed by atoms with Gasteiger partial charge in [-0.1, -0.05) is 30.3 Å². The molecule has 1 aromatic heterocycles. The van der Waals surface area contributed by atoms with Gasteiger partial charge in [0.2, 0.25) is 0 Å². The van der Waals surface area contributed by atoms with Gasteiger partial charge in [-0.05, 0) is 44.7 Å². The topological polar surface area (TPSA) is 36.4 Å². The monoisotopic (exact) mass is 330 g/mol. The summed E-state index contributed by atoms with van der Waals surface area (Å²) >= 11 is 1.78. The first-order valence-electron chi connectivity index (χ1n) is 8.60. The van der Waals surface area contributed by atoms with E-state index in [1.165, 1.54) is 29.1 Å². The molecule has 2 atom stereocenters. The van der Waals surface area contributed by atoms with Crippen LogP contribution in [0.1, 0.15) is 42.5 Å². The minimum atomic E-state index is -0.211. The van der Waals surface area contributed by atoms with E-state index in [9.17, 15) is 5.11 Å². The van der Waals surface area contributed by atoms with Crippen LogP contribution in [-0.4, -0.2) is 33.7 Å². The highest BCUT2D eigenvalue weighted by molar-refractivity contribution is 7.09. The fraction of sp³-hybridized carbons (Fsp3) is 0.526. The van der Waals surface area contributed by atoms with Crippen molar-refractivity contribution in [2.24, 2.45) is 0 Å². The summed E-state index contributed by atoms with van der Waals surface area (Å²) in [5.74, 6) is 0. The zero-order valence-corrected chi connectivity index (χ0v) is 14.6. The first-order valence-corrected chi connectivity index (χ1v) is 9.48. The van der Waals surface area contributed by atoms with Crippen molar-refractivity contribution < 1.29 is 5.11 Å². The lowest BCUT2D eigenvalue weighted by atomic mass is 10.1. The molecule has 3 nitrogen and oxygen atoms in total. The standard InChI is InChI=1S/C19H26N2OS/c1-15(22)12-18-8-5-11-21(18)13-17-14-23-19(20-17)10-9-16-6-3-2-4-7-16/h2-4,6-7,14-15,18,22H,5,8-13H2,1H3. The van der Waals surface area contributed by atoms with Crippen LogP contribution in [0.3, 0.4) is 0 Å². The molecule has 1 aromatic carbocycles. The molecule has 4 heteroatoms.